The predicted octanol–water partition coefficient (Wildman–Crippen LogP) is 9.47. The zero-order valence-electron chi connectivity index (χ0n) is 32.7. The number of amides is 2. The molecule has 12 saturated carbocycles. The number of ether oxygens (including phenoxy) is 2. The van der Waals surface area contributed by atoms with Gasteiger partial charge in [-0.25, -0.2) is 9.59 Å². The lowest BCUT2D eigenvalue weighted by Gasteiger charge is -2.59. The van der Waals surface area contributed by atoms with Gasteiger partial charge in [0.2, 0.25) is 0 Å². The number of thiocarbonyl (C=S) groups is 1. The van der Waals surface area contributed by atoms with E-state index in [1.54, 1.807) is 0 Å². The van der Waals surface area contributed by atoms with Gasteiger partial charge in [0.25, 0.3) is 0 Å². The second-order valence-electron chi connectivity index (χ2n) is 20.0. The molecule has 12 bridgehead atoms. The molecule has 302 valence electrons. The van der Waals surface area contributed by atoms with E-state index in [0.717, 1.165) is 79.2 Å². The molecule has 7 nitrogen and oxygen atoms in total. The molecule has 2 amide bonds. The third kappa shape index (κ3) is 8.29. The molecule has 0 radical (unpaired) electrons. The molecule has 2 aromatic carbocycles. The fraction of sp³-hybridized carbons (Fsp3) is 0.674. The smallest absolute Gasteiger partial charge is 0.407 e. The molecule has 10 heteroatoms. The molecule has 0 heterocycles. The van der Waals surface area contributed by atoms with Crippen LogP contribution in [0.5, 0.6) is 0 Å². The number of thiol groups is 2. The highest BCUT2D eigenvalue weighted by atomic mass is 32.1. The number of carbonyl (C=O) groups is 2. The van der Waals surface area contributed by atoms with E-state index in [1.165, 1.54) is 62.7 Å². The average molecular weight is 816 g/mol. The predicted molar refractivity (Wildman–Crippen MR) is 231 cm³/mol. The monoisotopic (exact) mass is 815 g/mol. The fourth-order valence-corrected chi connectivity index (χ4v) is 15.3. The summed E-state index contributed by atoms with van der Waals surface area (Å²) in [7, 11) is 0. The Hall–Kier alpha value is -2.27. The Kier molecular flexibility index (Phi) is 11.0. The Labute approximate surface area is 350 Å². The summed E-state index contributed by atoms with van der Waals surface area (Å²) in [6.45, 7) is 0.672. The molecule has 0 saturated heterocycles. The van der Waals surface area contributed by atoms with Crippen LogP contribution < -0.4 is 16.4 Å². The molecule has 14 rings (SSSR count). The van der Waals surface area contributed by atoms with E-state index in [9.17, 15) is 9.59 Å². The molecular weight excluding hydrogens is 755 g/mol. The standard InChI is InChI=1S/C18H23NO2S.C18H21NO2S.C10H17NS/c2*20-17(21-11-12-4-2-1-3-5-12)19-18-8-13-6-14(9-18)16(22)15(7-13)10-18;11-10-3-6-1-7(4-10)9(12)8(2-6)5-10/h1-5,13-16,22H,6-11H2,(H,19,20);1-5,13-15H,6-11H2,(H,19,20);6-9,12H,1-5,11H2. The van der Waals surface area contributed by atoms with Crippen molar-refractivity contribution in [1.82, 2.24) is 10.6 Å². The number of rotatable bonds is 6. The molecule has 0 aliphatic heterocycles. The van der Waals surface area contributed by atoms with Gasteiger partial charge in [0.1, 0.15) is 13.2 Å². The van der Waals surface area contributed by atoms with E-state index >= 15 is 0 Å². The molecular formula is C46H61N3O4S3. The average Bonchev–Trinajstić information content (AvgIpc) is 3.16. The summed E-state index contributed by atoms with van der Waals surface area (Å²) >= 11 is 15.2. The van der Waals surface area contributed by atoms with E-state index in [0.29, 0.717) is 47.4 Å². The first-order valence-corrected chi connectivity index (χ1v) is 23.0. The van der Waals surface area contributed by atoms with Crippen molar-refractivity contribution in [3.05, 3.63) is 71.8 Å². The van der Waals surface area contributed by atoms with Crippen LogP contribution in [0.2, 0.25) is 0 Å². The SMILES string of the molecule is NC12CC3CC(C1)C(S)C(C3)C2.O=C(NC12CC3CC(C1)C(=S)C(C3)C2)OCc1ccccc1.O=C(NC12CC3CC(C1)C(S)C(C3)C2)OCc1ccccc1. The molecule has 4 N–H and O–H groups in total. The number of nitrogens with one attached hydrogen (secondary N) is 2. The Morgan fingerprint density at radius 3 is 1.43 bits per heavy atom. The summed E-state index contributed by atoms with van der Waals surface area (Å²) in [5.41, 5.74) is 8.54. The van der Waals surface area contributed by atoms with Crippen LogP contribution in [-0.4, -0.2) is 44.2 Å². The zero-order valence-corrected chi connectivity index (χ0v) is 35.3. The van der Waals surface area contributed by atoms with Crippen LogP contribution in [0.15, 0.2) is 60.7 Å². The fourth-order valence-electron chi connectivity index (χ4n) is 14.1. The van der Waals surface area contributed by atoms with Crippen molar-refractivity contribution in [3.8, 4) is 0 Å². The lowest BCUT2D eigenvalue weighted by atomic mass is 9.52. The van der Waals surface area contributed by atoms with Crippen molar-refractivity contribution in [2.75, 3.05) is 0 Å². The maximum Gasteiger partial charge on any atom is 0.407 e. The van der Waals surface area contributed by atoms with Crippen LogP contribution in [0.4, 0.5) is 9.59 Å². The first-order valence-electron chi connectivity index (χ1n) is 21.6. The Morgan fingerprint density at radius 1 is 0.589 bits per heavy atom. The van der Waals surface area contributed by atoms with Crippen LogP contribution in [0.25, 0.3) is 0 Å². The third-order valence-electron chi connectivity index (χ3n) is 15.6. The summed E-state index contributed by atoms with van der Waals surface area (Å²) in [6.07, 6.45) is 17.6. The van der Waals surface area contributed by atoms with Crippen molar-refractivity contribution in [3.63, 3.8) is 0 Å². The van der Waals surface area contributed by atoms with Crippen LogP contribution in [0.1, 0.15) is 107 Å². The summed E-state index contributed by atoms with van der Waals surface area (Å²) < 4.78 is 10.8. The maximum atomic E-state index is 12.2. The van der Waals surface area contributed by atoms with E-state index in [2.05, 4.69) is 10.6 Å². The lowest BCUT2D eigenvalue weighted by molar-refractivity contribution is -0.0136. The second-order valence-corrected chi connectivity index (χ2v) is 21.6. The summed E-state index contributed by atoms with van der Waals surface area (Å²) in [5, 5.41) is 7.63. The van der Waals surface area contributed by atoms with Gasteiger partial charge in [-0.3, -0.25) is 0 Å². The minimum atomic E-state index is -0.281. The third-order valence-corrected chi connectivity index (χ3v) is 18.0. The Bertz CT molecular complexity index is 1710. The Balaban J connectivity index is 0.000000114. The van der Waals surface area contributed by atoms with Gasteiger partial charge < -0.3 is 25.8 Å². The molecule has 6 atom stereocenters. The highest BCUT2D eigenvalue weighted by molar-refractivity contribution is 7.81. The van der Waals surface area contributed by atoms with Crippen LogP contribution >= 0.6 is 37.5 Å². The molecule has 6 unspecified atom stereocenters. The minimum Gasteiger partial charge on any atom is -0.445 e. The molecule has 12 fully saturated rings. The Morgan fingerprint density at radius 2 is 0.982 bits per heavy atom. The van der Waals surface area contributed by atoms with Gasteiger partial charge in [0.05, 0.1) is 0 Å². The van der Waals surface area contributed by atoms with Crippen molar-refractivity contribution >= 4 is 54.5 Å². The van der Waals surface area contributed by atoms with E-state index in [4.69, 9.17) is 52.7 Å². The van der Waals surface area contributed by atoms with Gasteiger partial charge in [0.15, 0.2) is 0 Å². The minimum absolute atomic E-state index is 0.0243. The van der Waals surface area contributed by atoms with Crippen molar-refractivity contribution in [2.45, 2.75) is 137 Å². The number of benzene rings is 2. The first kappa shape index (κ1) is 39.2. The number of hydrogen-bond donors (Lipinski definition) is 5. The molecule has 0 spiro atoms. The number of alkyl carbamates (subject to hydrolysis) is 2. The van der Waals surface area contributed by atoms with Crippen molar-refractivity contribution < 1.29 is 19.1 Å². The van der Waals surface area contributed by atoms with Crippen LogP contribution in [-0.2, 0) is 22.7 Å². The summed E-state index contributed by atoms with van der Waals surface area (Å²) in [5.74, 6) is 6.58. The molecule has 2 aromatic rings. The topological polar surface area (TPSA) is 103 Å². The molecule has 0 aromatic heterocycles. The van der Waals surface area contributed by atoms with Crippen molar-refractivity contribution in [2.24, 2.45) is 59.0 Å². The molecule has 56 heavy (non-hydrogen) atoms. The van der Waals surface area contributed by atoms with Gasteiger partial charge in [-0.05, 0) is 166 Å². The quantitative estimate of drug-likeness (QED) is 0.147. The van der Waals surface area contributed by atoms with E-state index in [1.807, 2.05) is 60.7 Å². The van der Waals surface area contributed by atoms with Gasteiger partial charge in [0, 0.05) is 27.1 Å². The van der Waals surface area contributed by atoms with Crippen molar-refractivity contribution in [1.29, 1.82) is 0 Å². The highest BCUT2D eigenvalue weighted by Gasteiger charge is 2.56. The van der Waals surface area contributed by atoms with Gasteiger partial charge in [-0.15, -0.1) is 0 Å². The largest absolute Gasteiger partial charge is 0.445 e. The number of hydrogen-bond acceptors (Lipinski definition) is 8. The number of carbonyl (C=O) groups excluding carboxylic acids is 2. The first-order chi connectivity index (χ1) is 26.9. The number of nitrogens with two attached hydrogens (primary N) is 1. The van der Waals surface area contributed by atoms with Crippen LogP contribution in [0, 0.1) is 53.3 Å². The normalized spacial score (nSPS) is 42.6. The van der Waals surface area contributed by atoms with Gasteiger partial charge >= 0.3 is 12.2 Å². The van der Waals surface area contributed by atoms with Gasteiger partial charge in [-0.1, -0.05) is 72.9 Å². The maximum absolute atomic E-state index is 12.2. The van der Waals surface area contributed by atoms with Gasteiger partial charge in [-0.2, -0.15) is 25.3 Å². The molecule has 12 aliphatic rings. The zero-order chi connectivity index (χ0) is 38.7. The summed E-state index contributed by atoms with van der Waals surface area (Å²) in [4.78, 5) is 25.7. The van der Waals surface area contributed by atoms with E-state index < -0.39 is 0 Å². The summed E-state index contributed by atoms with van der Waals surface area (Å²) in [6, 6.07) is 19.6. The second kappa shape index (κ2) is 15.7. The molecule has 12 aliphatic carbocycles. The highest BCUT2D eigenvalue weighted by Crippen LogP contribution is 2.58. The van der Waals surface area contributed by atoms with Crippen LogP contribution in [0.3, 0.4) is 0 Å². The van der Waals surface area contributed by atoms with E-state index in [-0.39, 0.29) is 28.8 Å². The lowest BCUT2D eigenvalue weighted by Crippen LogP contribution is -2.62.